The number of hydrogen-bond acceptors (Lipinski definition) is 3. The van der Waals surface area contributed by atoms with Gasteiger partial charge in [0.1, 0.15) is 0 Å². The molecule has 3 N–H and O–H groups in total. The van der Waals surface area contributed by atoms with Crippen LogP contribution in [0.5, 0.6) is 0 Å². The lowest BCUT2D eigenvalue weighted by Gasteiger charge is -2.10. The van der Waals surface area contributed by atoms with E-state index in [1.54, 1.807) is 12.5 Å². The number of carbonyl (C=O) groups is 1. The molecule has 1 aromatic rings. The summed E-state index contributed by atoms with van der Waals surface area (Å²) in [6.07, 6.45) is 9.17. The Kier molecular flexibility index (Phi) is 8.80. The second-order valence-corrected chi connectivity index (χ2v) is 4.72. The summed E-state index contributed by atoms with van der Waals surface area (Å²) in [5.74, 6) is 0.307. The van der Waals surface area contributed by atoms with Crippen molar-refractivity contribution in [3.8, 4) is 0 Å². The van der Waals surface area contributed by atoms with E-state index in [0.717, 1.165) is 38.8 Å². The summed E-state index contributed by atoms with van der Waals surface area (Å²) < 4.78 is 2.01. The van der Waals surface area contributed by atoms with E-state index in [1.807, 2.05) is 10.8 Å². The third kappa shape index (κ3) is 5.80. The molecule has 1 saturated carbocycles. The van der Waals surface area contributed by atoms with E-state index in [0.29, 0.717) is 0 Å². The van der Waals surface area contributed by atoms with Gasteiger partial charge in [-0.15, -0.1) is 24.8 Å². The number of nitrogens with two attached hydrogens (primary N) is 1. The maximum Gasteiger partial charge on any atom is 0.223 e. The zero-order chi connectivity index (χ0) is 12.1. The fourth-order valence-corrected chi connectivity index (χ4v) is 2.29. The molecule has 5 nitrogen and oxygen atoms in total. The number of carbonyl (C=O) groups excluding carboxylic acids is 1. The van der Waals surface area contributed by atoms with E-state index in [2.05, 4.69) is 10.3 Å². The Morgan fingerprint density at radius 3 is 2.79 bits per heavy atom. The minimum absolute atomic E-state index is 0. The lowest BCUT2D eigenvalue weighted by molar-refractivity contribution is -0.124. The van der Waals surface area contributed by atoms with Crippen molar-refractivity contribution in [2.45, 2.75) is 38.3 Å². The summed E-state index contributed by atoms with van der Waals surface area (Å²) in [5.41, 5.74) is 5.79. The zero-order valence-electron chi connectivity index (χ0n) is 10.8. The molecule has 110 valence electrons. The Balaban J connectivity index is 0.00000162. The fourth-order valence-electron chi connectivity index (χ4n) is 2.29. The van der Waals surface area contributed by atoms with Crippen LogP contribution in [0.25, 0.3) is 0 Å². The van der Waals surface area contributed by atoms with Crippen LogP contribution in [-0.4, -0.2) is 28.0 Å². The van der Waals surface area contributed by atoms with Gasteiger partial charge in [-0.1, -0.05) is 0 Å². The first-order chi connectivity index (χ1) is 8.25. The van der Waals surface area contributed by atoms with Crippen LogP contribution in [0, 0.1) is 5.92 Å². The molecule has 1 aromatic heterocycles. The number of halogens is 2. The number of amides is 1. The number of hydrogen-bond donors (Lipinski definition) is 2. The quantitative estimate of drug-likeness (QED) is 0.807. The summed E-state index contributed by atoms with van der Waals surface area (Å²) in [5, 5.41) is 2.98. The fraction of sp³-hybridized carbons (Fsp3) is 0.667. The van der Waals surface area contributed by atoms with Gasteiger partial charge in [0.25, 0.3) is 0 Å². The average Bonchev–Trinajstić information content (AvgIpc) is 2.95. The Morgan fingerprint density at radius 2 is 2.21 bits per heavy atom. The molecule has 2 unspecified atom stereocenters. The number of nitrogens with zero attached hydrogens (tertiary/aromatic N) is 2. The van der Waals surface area contributed by atoms with Crippen molar-refractivity contribution in [2.75, 3.05) is 6.54 Å². The van der Waals surface area contributed by atoms with Gasteiger partial charge in [0.05, 0.1) is 6.33 Å². The molecule has 1 amide bonds. The first kappa shape index (κ1) is 18.2. The van der Waals surface area contributed by atoms with Gasteiger partial charge in [0, 0.05) is 37.4 Å². The molecule has 0 aromatic carbocycles. The van der Waals surface area contributed by atoms with Crippen molar-refractivity contribution in [2.24, 2.45) is 11.7 Å². The number of nitrogens with one attached hydrogen (secondary N) is 1. The average molecular weight is 309 g/mol. The van der Waals surface area contributed by atoms with E-state index in [1.165, 1.54) is 0 Å². The maximum absolute atomic E-state index is 11.8. The van der Waals surface area contributed by atoms with Crippen LogP contribution in [0.3, 0.4) is 0 Å². The van der Waals surface area contributed by atoms with Gasteiger partial charge in [-0.05, 0) is 25.7 Å². The van der Waals surface area contributed by atoms with Gasteiger partial charge >= 0.3 is 0 Å². The molecular formula is C12H22Cl2N4O. The van der Waals surface area contributed by atoms with Crippen molar-refractivity contribution in [1.82, 2.24) is 14.9 Å². The molecule has 0 spiro atoms. The van der Waals surface area contributed by atoms with Crippen molar-refractivity contribution >= 4 is 30.7 Å². The van der Waals surface area contributed by atoms with Crippen molar-refractivity contribution in [3.05, 3.63) is 18.7 Å². The van der Waals surface area contributed by atoms with Crippen LogP contribution in [0.15, 0.2) is 18.7 Å². The second kappa shape index (κ2) is 9.18. The van der Waals surface area contributed by atoms with E-state index in [-0.39, 0.29) is 42.7 Å². The van der Waals surface area contributed by atoms with E-state index in [9.17, 15) is 4.79 Å². The second-order valence-electron chi connectivity index (χ2n) is 4.72. The molecule has 1 aliphatic rings. The van der Waals surface area contributed by atoms with Gasteiger partial charge in [0.15, 0.2) is 0 Å². The zero-order valence-corrected chi connectivity index (χ0v) is 12.5. The number of rotatable bonds is 5. The Labute approximate surface area is 126 Å². The molecule has 0 aliphatic heterocycles. The monoisotopic (exact) mass is 308 g/mol. The molecule has 0 saturated heterocycles. The van der Waals surface area contributed by atoms with Crippen molar-refractivity contribution in [3.63, 3.8) is 0 Å². The standard InChI is InChI=1S/C12H20N4O.2ClH/c13-11-3-2-10(8-11)12(17)15-4-1-6-16-7-5-14-9-16;;/h5,7,9-11H,1-4,6,8,13H2,(H,15,17);2*1H. The number of aromatic nitrogens is 2. The van der Waals surface area contributed by atoms with Crippen LogP contribution in [0.1, 0.15) is 25.7 Å². The van der Waals surface area contributed by atoms with Gasteiger partial charge in [0.2, 0.25) is 5.91 Å². The van der Waals surface area contributed by atoms with Gasteiger partial charge in [-0.2, -0.15) is 0 Å². The SMILES string of the molecule is Cl.Cl.NC1CCC(C(=O)NCCCn2ccnc2)C1. The topological polar surface area (TPSA) is 72.9 Å². The maximum atomic E-state index is 11.8. The van der Waals surface area contributed by atoms with Crippen LogP contribution in [-0.2, 0) is 11.3 Å². The van der Waals surface area contributed by atoms with E-state index < -0.39 is 0 Å². The normalized spacial score (nSPS) is 21.3. The van der Waals surface area contributed by atoms with Crippen LogP contribution >= 0.6 is 24.8 Å². The number of aryl methyl sites for hydroxylation is 1. The molecule has 2 rings (SSSR count). The summed E-state index contributed by atoms with van der Waals surface area (Å²) >= 11 is 0. The highest BCUT2D eigenvalue weighted by Crippen LogP contribution is 2.23. The predicted molar refractivity (Wildman–Crippen MR) is 79.7 cm³/mol. The predicted octanol–water partition coefficient (Wildman–Crippen LogP) is 1.36. The summed E-state index contributed by atoms with van der Waals surface area (Å²) in [6.45, 7) is 1.62. The lowest BCUT2D eigenvalue weighted by atomic mass is 10.1. The molecule has 7 heteroatoms. The highest BCUT2D eigenvalue weighted by atomic mass is 35.5. The smallest absolute Gasteiger partial charge is 0.223 e. The number of imidazole rings is 1. The molecule has 1 heterocycles. The van der Waals surface area contributed by atoms with Crippen molar-refractivity contribution < 1.29 is 4.79 Å². The van der Waals surface area contributed by atoms with Crippen LogP contribution < -0.4 is 11.1 Å². The molecule has 1 aliphatic carbocycles. The molecule has 2 atom stereocenters. The van der Waals surface area contributed by atoms with E-state index >= 15 is 0 Å². The highest BCUT2D eigenvalue weighted by Gasteiger charge is 2.27. The molecule has 0 radical (unpaired) electrons. The van der Waals surface area contributed by atoms with Gasteiger partial charge in [-0.3, -0.25) is 4.79 Å². The first-order valence-corrected chi connectivity index (χ1v) is 6.25. The lowest BCUT2D eigenvalue weighted by Crippen LogP contribution is -2.31. The third-order valence-electron chi connectivity index (χ3n) is 3.30. The molecule has 1 fully saturated rings. The van der Waals surface area contributed by atoms with Crippen LogP contribution in [0.4, 0.5) is 0 Å². The van der Waals surface area contributed by atoms with Gasteiger partial charge in [-0.25, -0.2) is 4.98 Å². The molecular weight excluding hydrogens is 287 g/mol. The van der Waals surface area contributed by atoms with Gasteiger partial charge < -0.3 is 15.6 Å². The first-order valence-electron chi connectivity index (χ1n) is 6.25. The van der Waals surface area contributed by atoms with E-state index in [4.69, 9.17) is 5.73 Å². The minimum Gasteiger partial charge on any atom is -0.356 e. The Hall–Kier alpha value is -0.780. The van der Waals surface area contributed by atoms with Crippen LogP contribution in [0.2, 0.25) is 0 Å². The summed E-state index contributed by atoms with van der Waals surface area (Å²) in [4.78, 5) is 15.7. The Morgan fingerprint density at radius 1 is 1.42 bits per heavy atom. The van der Waals surface area contributed by atoms with Crippen molar-refractivity contribution in [1.29, 1.82) is 0 Å². The minimum atomic E-state index is 0. The summed E-state index contributed by atoms with van der Waals surface area (Å²) in [6, 6.07) is 0.219. The third-order valence-corrected chi connectivity index (χ3v) is 3.30. The molecule has 19 heavy (non-hydrogen) atoms. The summed E-state index contributed by atoms with van der Waals surface area (Å²) in [7, 11) is 0. The molecule has 0 bridgehead atoms. The Bertz CT molecular complexity index is 359. The highest BCUT2D eigenvalue weighted by molar-refractivity contribution is 5.85. The largest absolute Gasteiger partial charge is 0.356 e.